The Bertz CT molecular complexity index is 263. The average Bonchev–Trinajstić information content (AvgIpc) is 2.48. The van der Waals surface area contributed by atoms with Crippen molar-refractivity contribution in [2.45, 2.75) is 116 Å². The Kier molecular flexibility index (Phi) is 7.53. The number of hydrogen-bond donors (Lipinski definition) is 2. The Morgan fingerprint density at radius 2 is 1.29 bits per heavy atom. The van der Waals surface area contributed by atoms with Crippen LogP contribution in [0.1, 0.15) is 91.4 Å². The van der Waals surface area contributed by atoms with Crippen LogP contribution >= 0.6 is 0 Å². The van der Waals surface area contributed by atoms with Crippen molar-refractivity contribution in [3.8, 4) is 0 Å². The van der Waals surface area contributed by atoms with Crippen molar-refractivity contribution in [3.63, 3.8) is 0 Å². The van der Waals surface area contributed by atoms with E-state index in [1.165, 1.54) is 70.6 Å². The van der Waals surface area contributed by atoms with Gasteiger partial charge in [-0.15, -0.1) is 0 Å². The van der Waals surface area contributed by atoms with Crippen LogP contribution in [0.4, 0.5) is 0 Å². The molecule has 2 nitrogen and oxygen atoms in total. The third kappa shape index (κ3) is 6.69. The zero-order chi connectivity index (χ0) is 15.1. The molecule has 0 aliphatic heterocycles. The van der Waals surface area contributed by atoms with Crippen molar-refractivity contribution >= 4 is 0 Å². The minimum atomic E-state index is 0.695. The Labute approximate surface area is 132 Å². The van der Waals surface area contributed by atoms with Crippen molar-refractivity contribution in [1.29, 1.82) is 0 Å². The first kappa shape index (κ1) is 17.3. The predicted octanol–water partition coefficient (Wildman–Crippen LogP) is 4.63. The van der Waals surface area contributed by atoms with Crippen molar-refractivity contribution < 1.29 is 0 Å². The summed E-state index contributed by atoms with van der Waals surface area (Å²) in [5, 5.41) is 7.81. The first-order valence-corrected chi connectivity index (χ1v) is 9.65. The van der Waals surface area contributed by atoms with Gasteiger partial charge < -0.3 is 10.6 Å². The second-order valence-corrected chi connectivity index (χ2v) is 8.09. The lowest BCUT2D eigenvalue weighted by molar-refractivity contribution is 0.251. The van der Waals surface area contributed by atoms with E-state index in [4.69, 9.17) is 0 Å². The van der Waals surface area contributed by atoms with Gasteiger partial charge in [-0.1, -0.05) is 33.1 Å². The molecule has 0 aromatic carbocycles. The summed E-state index contributed by atoms with van der Waals surface area (Å²) in [6.45, 7) is 7.03. The number of rotatable bonds is 7. The molecule has 0 aromatic rings. The van der Waals surface area contributed by atoms with E-state index in [0.29, 0.717) is 6.04 Å². The fraction of sp³-hybridized carbons (Fsp3) is 1.00. The largest absolute Gasteiger partial charge is 0.312 e. The topological polar surface area (TPSA) is 24.1 Å². The first-order valence-electron chi connectivity index (χ1n) is 9.65. The smallest absolute Gasteiger partial charge is 0.00708 e. The van der Waals surface area contributed by atoms with Gasteiger partial charge in [-0.05, 0) is 64.2 Å². The Hall–Kier alpha value is -0.0800. The van der Waals surface area contributed by atoms with E-state index in [0.717, 1.165) is 24.0 Å². The van der Waals surface area contributed by atoms with Gasteiger partial charge in [-0.2, -0.15) is 0 Å². The van der Waals surface area contributed by atoms with Gasteiger partial charge in [0.2, 0.25) is 0 Å². The summed E-state index contributed by atoms with van der Waals surface area (Å²) < 4.78 is 0. The summed E-state index contributed by atoms with van der Waals surface area (Å²) in [6, 6.07) is 3.10. The van der Waals surface area contributed by atoms with Gasteiger partial charge in [-0.3, -0.25) is 0 Å². The molecule has 0 spiro atoms. The SMILES string of the molecule is CC(C)CCC(C)NC1CCC(NC2CCCCC2)CC1. The summed E-state index contributed by atoms with van der Waals surface area (Å²) in [7, 11) is 0. The molecule has 0 saturated heterocycles. The van der Waals surface area contributed by atoms with Crippen LogP contribution in [-0.4, -0.2) is 24.2 Å². The fourth-order valence-electron chi connectivity index (χ4n) is 4.10. The molecule has 0 heterocycles. The predicted molar refractivity (Wildman–Crippen MR) is 92.7 cm³/mol. The van der Waals surface area contributed by atoms with Gasteiger partial charge in [0.15, 0.2) is 0 Å². The van der Waals surface area contributed by atoms with Gasteiger partial charge in [0, 0.05) is 24.2 Å². The molecule has 2 fully saturated rings. The molecular formula is C19H38N2. The molecule has 0 bridgehead atoms. The second-order valence-electron chi connectivity index (χ2n) is 8.09. The summed E-state index contributed by atoms with van der Waals surface area (Å²) in [4.78, 5) is 0. The molecule has 2 heteroatoms. The Balaban J connectivity index is 1.59. The molecule has 2 aliphatic carbocycles. The highest BCUT2D eigenvalue weighted by atomic mass is 15.0. The molecule has 1 unspecified atom stereocenters. The van der Waals surface area contributed by atoms with Crippen LogP contribution in [-0.2, 0) is 0 Å². The van der Waals surface area contributed by atoms with Crippen LogP contribution in [0.3, 0.4) is 0 Å². The fourth-order valence-corrected chi connectivity index (χ4v) is 4.10. The highest BCUT2D eigenvalue weighted by molar-refractivity contribution is 4.85. The van der Waals surface area contributed by atoms with E-state index >= 15 is 0 Å². The monoisotopic (exact) mass is 294 g/mol. The summed E-state index contributed by atoms with van der Waals surface area (Å²) in [6.07, 6.45) is 15.4. The molecule has 0 radical (unpaired) electrons. The molecule has 0 aromatic heterocycles. The minimum Gasteiger partial charge on any atom is -0.312 e. The molecule has 2 N–H and O–H groups in total. The zero-order valence-corrected chi connectivity index (χ0v) is 14.7. The van der Waals surface area contributed by atoms with Crippen LogP contribution in [0.15, 0.2) is 0 Å². The first-order chi connectivity index (χ1) is 10.1. The minimum absolute atomic E-state index is 0.695. The summed E-state index contributed by atoms with van der Waals surface area (Å²) in [5.41, 5.74) is 0. The molecule has 0 amide bonds. The van der Waals surface area contributed by atoms with E-state index < -0.39 is 0 Å². The van der Waals surface area contributed by atoms with E-state index in [2.05, 4.69) is 31.4 Å². The van der Waals surface area contributed by atoms with Crippen LogP contribution in [0, 0.1) is 5.92 Å². The van der Waals surface area contributed by atoms with Crippen molar-refractivity contribution in [3.05, 3.63) is 0 Å². The molecule has 124 valence electrons. The van der Waals surface area contributed by atoms with E-state index in [1.54, 1.807) is 0 Å². The Morgan fingerprint density at radius 1 is 0.714 bits per heavy atom. The van der Waals surface area contributed by atoms with E-state index in [1.807, 2.05) is 0 Å². The summed E-state index contributed by atoms with van der Waals surface area (Å²) >= 11 is 0. The van der Waals surface area contributed by atoms with Crippen molar-refractivity contribution in [2.75, 3.05) is 0 Å². The third-order valence-corrected chi connectivity index (χ3v) is 5.50. The zero-order valence-electron chi connectivity index (χ0n) is 14.7. The van der Waals surface area contributed by atoms with E-state index in [9.17, 15) is 0 Å². The van der Waals surface area contributed by atoms with Crippen LogP contribution in [0.2, 0.25) is 0 Å². The lowest BCUT2D eigenvalue weighted by Crippen LogP contribution is -2.46. The van der Waals surface area contributed by atoms with Gasteiger partial charge >= 0.3 is 0 Å². The molecule has 2 aliphatic rings. The third-order valence-electron chi connectivity index (χ3n) is 5.50. The molecule has 1 atom stereocenters. The van der Waals surface area contributed by atoms with Crippen molar-refractivity contribution in [2.24, 2.45) is 5.92 Å². The lowest BCUT2D eigenvalue weighted by Gasteiger charge is -2.35. The highest BCUT2D eigenvalue weighted by Gasteiger charge is 2.24. The van der Waals surface area contributed by atoms with Crippen LogP contribution < -0.4 is 10.6 Å². The van der Waals surface area contributed by atoms with Crippen molar-refractivity contribution in [1.82, 2.24) is 10.6 Å². The molecule has 2 saturated carbocycles. The van der Waals surface area contributed by atoms with Gasteiger partial charge in [0.1, 0.15) is 0 Å². The molecular weight excluding hydrogens is 256 g/mol. The van der Waals surface area contributed by atoms with E-state index in [-0.39, 0.29) is 0 Å². The van der Waals surface area contributed by atoms with Gasteiger partial charge in [-0.25, -0.2) is 0 Å². The lowest BCUT2D eigenvalue weighted by atomic mass is 9.88. The Morgan fingerprint density at radius 3 is 1.90 bits per heavy atom. The second kappa shape index (κ2) is 9.15. The molecule has 2 rings (SSSR count). The van der Waals surface area contributed by atoms with Gasteiger partial charge in [0.25, 0.3) is 0 Å². The maximum atomic E-state index is 3.94. The van der Waals surface area contributed by atoms with Gasteiger partial charge in [0.05, 0.1) is 0 Å². The van der Waals surface area contributed by atoms with Crippen LogP contribution in [0.25, 0.3) is 0 Å². The standard InChI is InChI=1S/C19H38N2/c1-15(2)9-10-16(3)20-18-11-13-19(14-12-18)21-17-7-5-4-6-8-17/h15-21H,4-14H2,1-3H3. The number of hydrogen-bond acceptors (Lipinski definition) is 2. The summed E-state index contributed by atoms with van der Waals surface area (Å²) in [5.74, 6) is 0.838. The maximum absolute atomic E-state index is 3.94. The average molecular weight is 295 g/mol. The highest BCUT2D eigenvalue weighted by Crippen LogP contribution is 2.23. The molecule has 21 heavy (non-hydrogen) atoms. The number of nitrogens with one attached hydrogen (secondary N) is 2. The van der Waals surface area contributed by atoms with Crippen LogP contribution in [0.5, 0.6) is 0 Å². The normalized spacial score (nSPS) is 29.7. The maximum Gasteiger partial charge on any atom is 0.00708 e. The quantitative estimate of drug-likeness (QED) is 0.715.